The summed E-state index contributed by atoms with van der Waals surface area (Å²) in [6.45, 7) is 0.824. The third kappa shape index (κ3) is 2.87. The maximum atomic E-state index is 10.4. The topological polar surface area (TPSA) is 88.8 Å². The molecule has 0 saturated heterocycles. The van der Waals surface area contributed by atoms with Crippen molar-refractivity contribution in [2.45, 2.75) is 31.5 Å². The molecule has 0 aliphatic heterocycles. The van der Waals surface area contributed by atoms with Crippen LogP contribution in [0.2, 0.25) is 0 Å². The molecule has 0 bridgehead atoms. The highest BCUT2D eigenvalue weighted by molar-refractivity contribution is 5.84. The van der Waals surface area contributed by atoms with E-state index in [-0.39, 0.29) is 6.04 Å². The van der Waals surface area contributed by atoms with Gasteiger partial charge in [0, 0.05) is 37.5 Å². The van der Waals surface area contributed by atoms with Crippen LogP contribution in [0.5, 0.6) is 0 Å². The summed E-state index contributed by atoms with van der Waals surface area (Å²) in [7, 11) is 0. The fourth-order valence-electron chi connectivity index (χ4n) is 3.27. The van der Waals surface area contributed by atoms with E-state index < -0.39 is 6.10 Å². The number of aliphatic hydroxyl groups is 1. The van der Waals surface area contributed by atoms with Crippen LogP contribution >= 0.6 is 0 Å². The molecule has 1 fully saturated rings. The molecule has 0 aromatic carbocycles. The molecule has 3 aromatic heterocycles. The predicted octanol–water partition coefficient (Wildman–Crippen LogP) is 1.47. The van der Waals surface area contributed by atoms with Gasteiger partial charge in [0.15, 0.2) is 5.82 Å². The fraction of sp³-hybridized carbons (Fsp3) is 0.375. The SMILES string of the molecule is O[C@@H]1CC(Cn2cccn2)C[C@H]1Nc1nccc2nccnc12. The fourth-order valence-corrected chi connectivity index (χ4v) is 3.27. The summed E-state index contributed by atoms with van der Waals surface area (Å²) < 4.78 is 1.92. The number of pyridine rings is 1. The summed E-state index contributed by atoms with van der Waals surface area (Å²) in [6.07, 6.45) is 9.99. The monoisotopic (exact) mass is 310 g/mol. The van der Waals surface area contributed by atoms with Gasteiger partial charge in [-0.25, -0.2) is 9.97 Å². The van der Waals surface area contributed by atoms with Gasteiger partial charge in [-0.2, -0.15) is 5.10 Å². The first-order valence-corrected chi connectivity index (χ1v) is 7.77. The lowest BCUT2D eigenvalue weighted by Crippen LogP contribution is -2.28. The van der Waals surface area contributed by atoms with Crippen LogP contribution in [0, 0.1) is 5.92 Å². The van der Waals surface area contributed by atoms with Crippen molar-refractivity contribution in [2.24, 2.45) is 5.92 Å². The average molecular weight is 310 g/mol. The Labute approximate surface area is 133 Å². The van der Waals surface area contributed by atoms with E-state index in [0.29, 0.717) is 11.7 Å². The lowest BCUT2D eigenvalue weighted by molar-refractivity contribution is 0.166. The molecule has 1 saturated carbocycles. The van der Waals surface area contributed by atoms with Crippen molar-refractivity contribution in [1.29, 1.82) is 0 Å². The Bertz CT molecular complexity index is 785. The molecular formula is C16H18N6O. The van der Waals surface area contributed by atoms with E-state index in [0.717, 1.165) is 30.4 Å². The van der Waals surface area contributed by atoms with Crippen LogP contribution in [-0.4, -0.2) is 42.0 Å². The summed E-state index contributed by atoms with van der Waals surface area (Å²) in [5.41, 5.74) is 1.53. The number of anilines is 1. The van der Waals surface area contributed by atoms with E-state index in [1.807, 2.05) is 23.0 Å². The van der Waals surface area contributed by atoms with Gasteiger partial charge in [0.25, 0.3) is 0 Å². The second-order valence-electron chi connectivity index (χ2n) is 5.97. The van der Waals surface area contributed by atoms with Crippen molar-refractivity contribution in [3.05, 3.63) is 43.1 Å². The van der Waals surface area contributed by atoms with E-state index >= 15 is 0 Å². The molecule has 23 heavy (non-hydrogen) atoms. The molecule has 118 valence electrons. The van der Waals surface area contributed by atoms with Crippen LogP contribution in [0.4, 0.5) is 5.82 Å². The third-order valence-electron chi connectivity index (χ3n) is 4.34. The highest BCUT2D eigenvalue weighted by Crippen LogP contribution is 2.30. The van der Waals surface area contributed by atoms with Gasteiger partial charge in [-0.1, -0.05) is 0 Å². The van der Waals surface area contributed by atoms with Crippen molar-refractivity contribution in [3.8, 4) is 0 Å². The normalized spacial score (nSPS) is 24.1. The standard InChI is InChI=1S/C16H18N6O/c23-14-9-11(10-22-7-1-3-20-22)8-13(14)21-16-15-12(2-4-19-16)17-5-6-18-15/h1-7,11,13-14,23H,8-10H2,(H,19,21)/t11?,13-,14-/m1/s1. The van der Waals surface area contributed by atoms with Gasteiger partial charge in [-0.15, -0.1) is 0 Å². The molecular weight excluding hydrogens is 292 g/mol. The van der Waals surface area contributed by atoms with Crippen molar-refractivity contribution in [1.82, 2.24) is 24.7 Å². The molecule has 7 heteroatoms. The van der Waals surface area contributed by atoms with E-state index in [2.05, 4.69) is 25.4 Å². The Balaban J connectivity index is 1.50. The van der Waals surface area contributed by atoms with Crippen molar-refractivity contribution in [2.75, 3.05) is 5.32 Å². The first-order chi connectivity index (χ1) is 11.3. The smallest absolute Gasteiger partial charge is 0.154 e. The molecule has 1 unspecified atom stereocenters. The largest absolute Gasteiger partial charge is 0.391 e. The van der Waals surface area contributed by atoms with Gasteiger partial charge in [0.2, 0.25) is 0 Å². The van der Waals surface area contributed by atoms with E-state index in [1.54, 1.807) is 24.8 Å². The lowest BCUT2D eigenvalue weighted by Gasteiger charge is -2.17. The number of rotatable bonds is 4. The van der Waals surface area contributed by atoms with Crippen LogP contribution in [0.25, 0.3) is 11.0 Å². The van der Waals surface area contributed by atoms with Crippen LogP contribution in [-0.2, 0) is 6.54 Å². The first-order valence-electron chi connectivity index (χ1n) is 7.77. The minimum absolute atomic E-state index is 0.0318. The second kappa shape index (κ2) is 5.92. The second-order valence-corrected chi connectivity index (χ2v) is 5.97. The minimum atomic E-state index is -0.399. The van der Waals surface area contributed by atoms with Gasteiger partial charge in [-0.05, 0) is 30.9 Å². The molecule has 7 nitrogen and oxygen atoms in total. The molecule has 1 aliphatic carbocycles. The maximum Gasteiger partial charge on any atom is 0.154 e. The molecule has 2 N–H and O–H groups in total. The van der Waals surface area contributed by atoms with Crippen LogP contribution in [0.1, 0.15) is 12.8 Å². The van der Waals surface area contributed by atoms with E-state index in [4.69, 9.17) is 0 Å². The Kier molecular flexibility index (Phi) is 3.63. The number of nitrogens with zero attached hydrogens (tertiary/aromatic N) is 5. The Hall–Kier alpha value is -2.54. The van der Waals surface area contributed by atoms with Gasteiger partial charge >= 0.3 is 0 Å². The Morgan fingerprint density at radius 2 is 2.04 bits per heavy atom. The zero-order chi connectivity index (χ0) is 15.6. The number of hydrogen-bond donors (Lipinski definition) is 2. The van der Waals surface area contributed by atoms with E-state index in [9.17, 15) is 5.11 Å². The number of aromatic nitrogens is 5. The lowest BCUT2D eigenvalue weighted by atomic mass is 10.1. The summed E-state index contributed by atoms with van der Waals surface area (Å²) >= 11 is 0. The summed E-state index contributed by atoms with van der Waals surface area (Å²) in [5, 5.41) is 18.0. The number of aliphatic hydroxyl groups excluding tert-OH is 1. The zero-order valence-corrected chi connectivity index (χ0v) is 12.6. The Morgan fingerprint density at radius 3 is 2.91 bits per heavy atom. The highest BCUT2D eigenvalue weighted by Gasteiger charge is 2.33. The third-order valence-corrected chi connectivity index (χ3v) is 4.34. The van der Waals surface area contributed by atoms with Crippen LogP contribution < -0.4 is 5.32 Å². The van der Waals surface area contributed by atoms with Crippen molar-refractivity contribution in [3.63, 3.8) is 0 Å². The van der Waals surface area contributed by atoms with Crippen LogP contribution in [0.3, 0.4) is 0 Å². The molecule has 3 atom stereocenters. The quantitative estimate of drug-likeness (QED) is 0.758. The van der Waals surface area contributed by atoms with Gasteiger partial charge in [-0.3, -0.25) is 9.67 Å². The molecule has 3 heterocycles. The average Bonchev–Trinajstić information content (AvgIpc) is 3.18. The molecule has 1 aliphatic rings. The zero-order valence-electron chi connectivity index (χ0n) is 12.6. The summed E-state index contributed by atoms with van der Waals surface area (Å²) in [6, 6.07) is 3.72. The summed E-state index contributed by atoms with van der Waals surface area (Å²) in [5.74, 6) is 1.07. The molecule has 0 radical (unpaired) electrons. The molecule has 4 rings (SSSR count). The van der Waals surface area contributed by atoms with Crippen LogP contribution in [0.15, 0.2) is 43.1 Å². The first kappa shape index (κ1) is 14.1. The number of nitrogens with one attached hydrogen (secondary N) is 1. The maximum absolute atomic E-state index is 10.4. The van der Waals surface area contributed by atoms with Crippen molar-refractivity contribution < 1.29 is 5.11 Å². The number of fused-ring (bicyclic) bond motifs is 1. The van der Waals surface area contributed by atoms with Gasteiger partial charge < -0.3 is 10.4 Å². The Morgan fingerprint density at radius 1 is 1.13 bits per heavy atom. The number of hydrogen-bond acceptors (Lipinski definition) is 6. The van der Waals surface area contributed by atoms with Gasteiger partial charge in [0.05, 0.1) is 17.7 Å². The molecule has 0 amide bonds. The van der Waals surface area contributed by atoms with E-state index in [1.165, 1.54) is 0 Å². The molecule has 0 spiro atoms. The predicted molar refractivity (Wildman–Crippen MR) is 85.7 cm³/mol. The molecule has 3 aromatic rings. The summed E-state index contributed by atoms with van der Waals surface area (Å²) in [4.78, 5) is 13.0. The van der Waals surface area contributed by atoms with Gasteiger partial charge in [0.1, 0.15) is 5.52 Å². The minimum Gasteiger partial charge on any atom is -0.391 e. The highest BCUT2D eigenvalue weighted by atomic mass is 16.3. The van der Waals surface area contributed by atoms with Crippen molar-refractivity contribution >= 4 is 16.9 Å².